The molecule has 0 spiro atoms. The van der Waals surface area contributed by atoms with Crippen LogP contribution in [0.1, 0.15) is 12.8 Å². The van der Waals surface area contributed by atoms with Crippen molar-refractivity contribution in [2.24, 2.45) is 0 Å². The van der Waals surface area contributed by atoms with Crippen LogP contribution in [0.15, 0.2) is 12.4 Å². The molecule has 0 unspecified atom stereocenters. The number of rotatable bonds is 4. The summed E-state index contributed by atoms with van der Waals surface area (Å²) < 4.78 is 1.92. The molecule has 1 saturated heterocycles. The van der Waals surface area contributed by atoms with E-state index >= 15 is 0 Å². The van der Waals surface area contributed by atoms with Gasteiger partial charge in [0.1, 0.15) is 0 Å². The van der Waals surface area contributed by atoms with Crippen molar-refractivity contribution in [1.82, 2.24) is 19.6 Å². The summed E-state index contributed by atoms with van der Waals surface area (Å²) in [6.07, 6.45) is 6.15. The molecule has 1 aliphatic rings. The summed E-state index contributed by atoms with van der Waals surface area (Å²) in [4.78, 5) is 4.85. The molecule has 1 aromatic heterocycles. The summed E-state index contributed by atoms with van der Waals surface area (Å²) in [6, 6.07) is 0.756. The van der Waals surface area contributed by atoms with E-state index in [0.29, 0.717) is 0 Å². The summed E-state index contributed by atoms with van der Waals surface area (Å²) in [5, 5.41) is 4.20. The van der Waals surface area contributed by atoms with Crippen LogP contribution in [0.3, 0.4) is 0 Å². The van der Waals surface area contributed by atoms with Crippen LogP contribution in [0.4, 0.5) is 5.69 Å². The first-order valence-corrected chi connectivity index (χ1v) is 6.32. The second-order valence-electron chi connectivity index (χ2n) is 5.07. The highest BCUT2D eigenvalue weighted by atomic mass is 15.3. The topological polar surface area (TPSA) is 50.3 Å². The zero-order valence-electron chi connectivity index (χ0n) is 10.8. The minimum absolute atomic E-state index is 0.747. The van der Waals surface area contributed by atoms with Crippen molar-refractivity contribution in [1.29, 1.82) is 0 Å². The summed E-state index contributed by atoms with van der Waals surface area (Å²) in [5.41, 5.74) is 6.38. The smallest absolute Gasteiger partial charge is 0.0719 e. The lowest BCUT2D eigenvalue weighted by atomic mass is 10.0. The highest BCUT2D eigenvalue weighted by molar-refractivity contribution is 5.30. The van der Waals surface area contributed by atoms with Crippen LogP contribution < -0.4 is 5.73 Å². The lowest BCUT2D eigenvalue weighted by molar-refractivity contribution is 0.140. The highest BCUT2D eigenvalue weighted by Crippen LogP contribution is 2.13. The molecule has 2 N–H and O–H groups in total. The summed E-state index contributed by atoms with van der Waals surface area (Å²) in [6.45, 7) is 4.39. The lowest BCUT2D eigenvalue weighted by Gasteiger charge is -2.35. The Bertz CT molecular complexity index is 338. The van der Waals surface area contributed by atoms with Crippen LogP contribution in [-0.4, -0.2) is 59.4 Å². The quantitative estimate of drug-likeness (QED) is 0.828. The van der Waals surface area contributed by atoms with E-state index in [4.69, 9.17) is 5.73 Å². The Kier molecular flexibility index (Phi) is 4.02. The Morgan fingerprint density at radius 3 is 2.59 bits per heavy atom. The normalized spacial score (nSPS) is 19.0. The number of hydrogen-bond donors (Lipinski definition) is 1. The SMILES string of the molecule is CN(C)C1CCN(CCn2cc(N)cn2)CC1. The number of nitrogens with two attached hydrogens (primary N) is 1. The third-order valence-electron chi connectivity index (χ3n) is 3.59. The monoisotopic (exact) mass is 237 g/mol. The Hall–Kier alpha value is -1.07. The molecule has 2 heterocycles. The van der Waals surface area contributed by atoms with Gasteiger partial charge in [-0.1, -0.05) is 0 Å². The fourth-order valence-corrected chi connectivity index (χ4v) is 2.41. The predicted molar refractivity (Wildman–Crippen MR) is 69.8 cm³/mol. The molecule has 0 atom stereocenters. The zero-order valence-corrected chi connectivity index (χ0v) is 10.8. The Morgan fingerprint density at radius 2 is 2.06 bits per heavy atom. The van der Waals surface area contributed by atoms with Gasteiger partial charge in [0.15, 0.2) is 0 Å². The second-order valence-corrected chi connectivity index (χ2v) is 5.07. The van der Waals surface area contributed by atoms with E-state index in [-0.39, 0.29) is 0 Å². The van der Waals surface area contributed by atoms with Crippen molar-refractivity contribution in [3.63, 3.8) is 0 Å². The van der Waals surface area contributed by atoms with Crippen LogP contribution in [-0.2, 0) is 6.54 Å². The van der Waals surface area contributed by atoms with Crippen molar-refractivity contribution in [3.05, 3.63) is 12.4 Å². The summed E-state index contributed by atoms with van der Waals surface area (Å²) in [7, 11) is 4.35. The molecule has 0 radical (unpaired) electrons. The third-order valence-corrected chi connectivity index (χ3v) is 3.59. The first-order chi connectivity index (χ1) is 8.15. The number of piperidine rings is 1. The van der Waals surface area contributed by atoms with Crippen LogP contribution in [0, 0.1) is 0 Å². The molecule has 5 heteroatoms. The molecule has 0 aromatic carbocycles. The average Bonchev–Trinajstić information content (AvgIpc) is 2.73. The second kappa shape index (κ2) is 5.51. The van der Waals surface area contributed by atoms with Crippen molar-refractivity contribution >= 4 is 5.69 Å². The van der Waals surface area contributed by atoms with Crippen LogP contribution in [0.2, 0.25) is 0 Å². The molecule has 1 aliphatic heterocycles. The van der Waals surface area contributed by atoms with Crippen molar-refractivity contribution in [3.8, 4) is 0 Å². The molecule has 17 heavy (non-hydrogen) atoms. The van der Waals surface area contributed by atoms with Gasteiger partial charge in [0.05, 0.1) is 18.4 Å². The fourth-order valence-electron chi connectivity index (χ4n) is 2.41. The third kappa shape index (κ3) is 3.44. The largest absolute Gasteiger partial charge is 0.396 e. The van der Waals surface area contributed by atoms with Crippen LogP contribution in [0.25, 0.3) is 0 Å². The maximum absolute atomic E-state index is 5.64. The van der Waals surface area contributed by atoms with E-state index in [1.807, 2.05) is 10.9 Å². The van der Waals surface area contributed by atoms with Gasteiger partial charge < -0.3 is 15.5 Å². The number of nitrogen functional groups attached to an aromatic ring is 1. The van der Waals surface area contributed by atoms with Gasteiger partial charge in [0.2, 0.25) is 0 Å². The van der Waals surface area contributed by atoms with Gasteiger partial charge in [-0.25, -0.2) is 0 Å². The molecule has 0 bridgehead atoms. The molecular formula is C12H23N5. The van der Waals surface area contributed by atoms with Gasteiger partial charge in [0, 0.05) is 18.8 Å². The van der Waals surface area contributed by atoms with Gasteiger partial charge in [-0.15, -0.1) is 0 Å². The maximum Gasteiger partial charge on any atom is 0.0719 e. The summed E-state index contributed by atoms with van der Waals surface area (Å²) in [5.74, 6) is 0. The molecule has 1 aromatic rings. The number of aromatic nitrogens is 2. The minimum atomic E-state index is 0.747. The fraction of sp³-hybridized carbons (Fsp3) is 0.750. The summed E-state index contributed by atoms with van der Waals surface area (Å²) >= 11 is 0. The molecule has 1 fully saturated rings. The Morgan fingerprint density at radius 1 is 1.35 bits per heavy atom. The first-order valence-electron chi connectivity index (χ1n) is 6.32. The standard InChI is InChI=1S/C12H23N5/c1-15(2)12-3-5-16(6-4-12)7-8-17-10-11(13)9-14-17/h9-10,12H,3-8,13H2,1-2H3. The van der Waals surface area contributed by atoms with Crippen molar-refractivity contribution in [2.45, 2.75) is 25.4 Å². The molecular weight excluding hydrogens is 214 g/mol. The highest BCUT2D eigenvalue weighted by Gasteiger charge is 2.19. The van der Waals surface area contributed by atoms with Crippen molar-refractivity contribution < 1.29 is 0 Å². The number of anilines is 1. The molecule has 96 valence electrons. The van der Waals surface area contributed by atoms with Gasteiger partial charge in [-0.05, 0) is 40.0 Å². The maximum atomic E-state index is 5.64. The van der Waals surface area contributed by atoms with E-state index in [1.54, 1.807) is 6.20 Å². The Labute approximate surface area is 103 Å². The van der Waals surface area contributed by atoms with Gasteiger partial charge in [-0.3, -0.25) is 4.68 Å². The minimum Gasteiger partial charge on any atom is -0.396 e. The molecule has 0 aliphatic carbocycles. The van der Waals surface area contributed by atoms with Crippen LogP contribution >= 0.6 is 0 Å². The predicted octanol–water partition coefficient (Wildman–Crippen LogP) is 0.491. The Balaban J connectivity index is 1.71. The first kappa shape index (κ1) is 12.4. The average molecular weight is 237 g/mol. The van der Waals surface area contributed by atoms with Gasteiger partial charge in [-0.2, -0.15) is 5.10 Å². The van der Waals surface area contributed by atoms with Gasteiger partial charge >= 0.3 is 0 Å². The number of hydrogen-bond acceptors (Lipinski definition) is 4. The van der Waals surface area contributed by atoms with Crippen molar-refractivity contribution in [2.75, 3.05) is 39.5 Å². The van der Waals surface area contributed by atoms with E-state index in [2.05, 4.69) is 29.0 Å². The molecule has 2 rings (SSSR count). The zero-order chi connectivity index (χ0) is 12.3. The van der Waals surface area contributed by atoms with E-state index < -0.39 is 0 Å². The number of likely N-dealkylation sites (tertiary alicyclic amines) is 1. The molecule has 0 saturated carbocycles. The van der Waals surface area contributed by atoms with E-state index in [1.165, 1.54) is 25.9 Å². The van der Waals surface area contributed by atoms with E-state index in [9.17, 15) is 0 Å². The lowest BCUT2D eigenvalue weighted by Crippen LogP contribution is -2.42. The molecule has 0 amide bonds. The van der Waals surface area contributed by atoms with Crippen LogP contribution in [0.5, 0.6) is 0 Å². The van der Waals surface area contributed by atoms with Gasteiger partial charge in [0.25, 0.3) is 0 Å². The number of nitrogens with zero attached hydrogens (tertiary/aromatic N) is 4. The van der Waals surface area contributed by atoms with E-state index in [0.717, 1.165) is 24.8 Å². The molecule has 5 nitrogen and oxygen atoms in total.